The number of hydrogen-bond acceptors (Lipinski definition) is 6. The molecular weight excluding hydrogens is 370 g/mol. The largest absolute Gasteiger partial charge is 0.423 e. The van der Waals surface area contributed by atoms with Gasteiger partial charge in [0, 0.05) is 39.3 Å². The summed E-state index contributed by atoms with van der Waals surface area (Å²) in [6, 6.07) is 13.2. The first kappa shape index (κ1) is 19.3. The Morgan fingerprint density at radius 2 is 1.59 bits per heavy atom. The molecular formula is C22H23N3O4. The maximum atomic E-state index is 12.8. The van der Waals surface area contributed by atoms with E-state index in [4.69, 9.17) is 4.74 Å². The molecule has 0 saturated carbocycles. The van der Waals surface area contributed by atoms with Crippen molar-refractivity contribution in [2.45, 2.75) is 0 Å². The second-order valence-electron chi connectivity index (χ2n) is 7.37. The number of fused-ring (bicyclic) bond motifs is 1. The van der Waals surface area contributed by atoms with Gasteiger partial charge in [-0.1, -0.05) is 18.2 Å². The lowest BCUT2D eigenvalue weighted by Crippen LogP contribution is -2.47. The van der Waals surface area contributed by atoms with Gasteiger partial charge in [-0.2, -0.15) is 0 Å². The van der Waals surface area contributed by atoms with Crippen LogP contribution in [0.3, 0.4) is 0 Å². The van der Waals surface area contributed by atoms with Gasteiger partial charge in [-0.3, -0.25) is 19.4 Å². The third kappa shape index (κ3) is 4.06. The summed E-state index contributed by atoms with van der Waals surface area (Å²) < 4.78 is 5.33. The van der Waals surface area contributed by atoms with Gasteiger partial charge in [-0.25, -0.2) is 4.79 Å². The van der Waals surface area contributed by atoms with E-state index in [2.05, 4.69) is 16.8 Å². The number of piperazine rings is 1. The summed E-state index contributed by atoms with van der Waals surface area (Å²) in [4.78, 5) is 43.6. The van der Waals surface area contributed by atoms with Crippen molar-refractivity contribution in [3.05, 3.63) is 65.2 Å². The molecule has 1 saturated heterocycles. The topological polar surface area (TPSA) is 70.2 Å². The SMILES string of the molecule is CN1CCN(CCN2C(=O)c3ccc(C(=O)Oc4ccccc4)cc3C2=O)CC1. The second-order valence-corrected chi connectivity index (χ2v) is 7.37. The molecule has 4 rings (SSSR count). The molecule has 0 aliphatic carbocycles. The van der Waals surface area contributed by atoms with E-state index in [1.165, 1.54) is 23.1 Å². The highest BCUT2D eigenvalue weighted by Crippen LogP contribution is 2.24. The number of para-hydroxylation sites is 1. The normalized spacial score (nSPS) is 17.5. The van der Waals surface area contributed by atoms with E-state index in [1.54, 1.807) is 24.3 Å². The van der Waals surface area contributed by atoms with Crippen molar-refractivity contribution < 1.29 is 19.1 Å². The molecule has 0 aromatic heterocycles. The van der Waals surface area contributed by atoms with Crippen LogP contribution in [-0.4, -0.2) is 78.8 Å². The number of amides is 2. The Morgan fingerprint density at radius 3 is 2.31 bits per heavy atom. The molecule has 0 atom stereocenters. The molecule has 2 amide bonds. The summed E-state index contributed by atoms with van der Waals surface area (Å²) >= 11 is 0. The summed E-state index contributed by atoms with van der Waals surface area (Å²) in [5, 5.41) is 0. The molecule has 2 heterocycles. The Hall–Kier alpha value is -3.03. The molecule has 2 aromatic rings. The first-order chi connectivity index (χ1) is 14.0. The zero-order valence-corrected chi connectivity index (χ0v) is 16.3. The molecule has 0 bridgehead atoms. The Balaban J connectivity index is 1.44. The average Bonchev–Trinajstić information content (AvgIpc) is 2.98. The van der Waals surface area contributed by atoms with Crippen molar-refractivity contribution in [3.8, 4) is 5.75 Å². The number of hydrogen-bond donors (Lipinski definition) is 0. The Morgan fingerprint density at radius 1 is 0.897 bits per heavy atom. The van der Waals surface area contributed by atoms with Crippen LogP contribution in [0, 0.1) is 0 Å². The van der Waals surface area contributed by atoms with Crippen molar-refractivity contribution in [1.82, 2.24) is 14.7 Å². The smallest absolute Gasteiger partial charge is 0.343 e. The molecule has 1 fully saturated rings. The minimum Gasteiger partial charge on any atom is -0.423 e. The number of esters is 1. The molecule has 7 heteroatoms. The fourth-order valence-corrected chi connectivity index (χ4v) is 3.59. The summed E-state index contributed by atoms with van der Waals surface area (Å²) in [6.45, 7) is 4.82. The summed E-state index contributed by atoms with van der Waals surface area (Å²) in [5.41, 5.74) is 0.843. The van der Waals surface area contributed by atoms with Gasteiger partial charge in [0.2, 0.25) is 0 Å². The van der Waals surface area contributed by atoms with Crippen LogP contribution < -0.4 is 4.74 Å². The van der Waals surface area contributed by atoms with Gasteiger partial charge in [-0.05, 0) is 37.4 Å². The van der Waals surface area contributed by atoms with Crippen molar-refractivity contribution >= 4 is 17.8 Å². The second kappa shape index (κ2) is 8.14. The lowest BCUT2D eigenvalue weighted by molar-refractivity contribution is 0.0620. The zero-order chi connectivity index (χ0) is 20.4. The fourth-order valence-electron chi connectivity index (χ4n) is 3.59. The van der Waals surface area contributed by atoms with Gasteiger partial charge in [-0.15, -0.1) is 0 Å². The predicted octanol–water partition coefficient (Wildman–Crippen LogP) is 1.75. The van der Waals surface area contributed by atoms with Crippen LogP contribution in [0.15, 0.2) is 48.5 Å². The van der Waals surface area contributed by atoms with Gasteiger partial charge in [0.15, 0.2) is 0 Å². The van der Waals surface area contributed by atoms with Gasteiger partial charge in [0.25, 0.3) is 11.8 Å². The monoisotopic (exact) mass is 393 g/mol. The number of rotatable bonds is 5. The summed E-state index contributed by atoms with van der Waals surface area (Å²) in [7, 11) is 2.09. The maximum absolute atomic E-state index is 12.8. The van der Waals surface area contributed by atoms with Crippen LogP contribution in [-0.2, 0) is 0 Å². The standard InChI is InChI=1S/C22H23N3O4/c1-23-9-11-24(12-10-23)13-14-25-20(26)18-8-7-16(15-19(18)21(25)27)22(28)29-17-5-3-2-4-6-17/h2-8,15H,9-14H2,1H3. The molecule has 0 spiro atoms. The van der Waals surface area contributed by atoms with Gasteiger partial charge >= 0.3 is 5.97 Å². The van der Waals surface area contributed by atoms with Crippen LogP contribution in [0.2, 0.25) is 0 Å². The van der Waals surface area contributed by atoms with Crippen LogP contribution >= 0.6 is 0 Å². The number of ether oxygens (including phenoxy) is 1. The molecule has 2 aliphatic rings. The Kier molecular flexibility index (Phi) is 5.42. The highest BCUT2D eigenvalue weighted by atomic mass is 16.5. The number of imide groups is 1. The molecule has 0 radical (unpaired) electrons. The third-order valence-corrected chi connectivity index (χ3v) is 5.40. The first-order valence-corrected chi connectivity index (χ1v) is 9.71. The van der Waals surface area contributed by atoms with Gasteiger partial charge in [0.05, 0.1) is 16.7 Å². The van der Waals surface area contributed by atoms with Crippen LogP contribution in [0.25, 0.3) is 0 Å². The number of likely N-dealkylation sites (N-methyl/N-ethyl adjacent to an activating group) is 1. The van der Waals surface area contributed by atoms with E-state index in [-0.39, 0.29) is 22.9 Å². The Bertz CT molecular complexity index is 936. The molecule has 150 valence electrons. The highest BCUT2D eigenvalue weighted by molar-refractivity contribution is 6.22. The fraction of sp³-hybridized carbons (Fsp3) is 0.318. The highest BCUT2D eigenvalue weighted by Gasteiger charge is 2.36. The zero-order valence-electron chi connectivity index (χ0n) is 16.3. The minimum atomic E-state index is -0.560. The number of benzene rings is 2. The molecule has 2 aliphatic heterocycles. The average molecular weight is 393 g/mol. The van der Waals surface area contributed by atoms with Gasteiger partial charge in [0.1, 0.15) is 5.75 Å². The molecule has 7 nitrogen and oxygen atoms in total. The van der Waals surface area contributed by atoms with E-state index < -0.39 is 5.97 Å². The number of nitrogens with zero attached hydrogens (tertiary/aromatic N) is 3. The molecule has 0 unspecified atom stereocenters. The van der Waals surface area contributed by atoms with Crippen molar-refractivity contribution in [2.24, 2.45) is 0 Å². The van der Waals surface area contributed by atoms with Crippen LogP contribution in [0.4, 0.5) is 0 Å². The van der Waals surface area contributed by atoms with E-state index in [0.717, 1.165) is 26.2 Å². The van der Waals surface area contributed by atoms with Crippen LogP contribution in [0.1, 0.15) is 31.1 Å². The summed E-state index contributed by atoms with van der Waals surface area (Å²) in [5.74, 6) is -0.792. The first-order valence-electron chi connectivity index (χ1n) is 9.71. The third-order valence-electron chi connectivity index (χ3n) is 5.40. The predicted molar refractivity (Wildman–Crippen MR) is 107 cm³/mol. The summed E-state index contributed by atoms with van der Waals surface area (Å²) in [6.07, 6.45) is 0. The number of carbonyl (C=O) groups is 3. The van der Waals surface area contributed by atoms with Crippen LogP contribution in [0.5, 0.6) is 5.75 Å². The molecule has 2 aromatic carbocycles. The van der Waals surface area contributed by atoms with E-state index in [9.17, 15) is 14.4 Å². The van der Waals surface area contributed by atoms with Crippen molar-refractivity contribution in [3.63, 3.8) is 0 Å². The Labute approximate surface area is 169 Å². The number of carbonyl (C=O) groups excluding carboxylic acids is 3. The lowest BCUT2D eigenvalue weighted by atomic mass is 10.1. The molecule has 0 N–H and O–H groups in total. The maximum Gasteiger partial charge on any atom is 0.343 e. The van der Waals surface area contributed by atoms with E-state index in [1.807, 2.05) is 6.07 Å². The van der Waals surface area contributed by atoms with E-state index >= 15 is 0 Å². The van der Waals surface area contributed by atoms with Gasteiger partial charge < -0.3 is 9.64 Å². The minimum absolute atomic E-state index is 0.245. The quantitative estimate of drug-likeness (QED) is 0.438. The lowest BCUT2D eigenvalue weighted by Gasteiger charge is -2.33. The van der Waals surface area contributed by atoms with Crippen molar-refractivity contribution in [2.75, 3.05) is 46.3 Å². The van der Waals surface area contributed by atoms with Crippen molar-refractivity contribution in [1.29, 1.82) is 0 Å². The van der Waals surface area contributed by atoms with E-state index in [0.29, 0.717) is 24.4 Å². The molecule has 29 heavy (non-hydrogen) atoms.